The van der Waals surface area contributed by atoms with Gasteiger partial charge >= 0.3 is 0 Å². The van der Waals surface area contributed by atoms with Crippen molar-refractivity contribution in [3.05, 3.63) is 0 Å². The van der Waals surface area contributed by atoms with E-state index in [0.717, 1.165) is 13.0 Å². The first-order chi connectivity index (χ1) is 11.1. The normalized spacial score (nSPS) is 41.5. The minimum atomic E-state index is -0.961. The molecular formula is C14H27FN6O2. The van der Waals surface area contributed by atoms with Crippen LogP contribution in [-0.4, -0.2) is 74.4 Å². The fourth-order valence-corrected chi connectivity index (χ4v) is 3.65. The van der Waals surface area contributed by atoms with E-state index in [-0.39, 0.29) is 37.3 Å². The molecule has 6 unspecified atom stereocenters. The molecule has 3 aliphatic heterocycles. The smallest absolute Gasteiger partial charge is 0.229 e. The number of alkyl halides is 1. The Hall–Kier alpha value is -0.840. The van der Waals surface area contributed by atoms with Crippen molar-refractivity contribution < 1.29 is 13.9 Å². The van der Waals surface area contributed by atoms with Crippen LogP contribution in [0.3, 0.4) is 0 Å². The maximum atomic E-state index is 13.5. The fraction of sp³-hybridized carbons (Fsp3) is 0.929. The summed E-state index contributed by atoms with van der Waals surface area (Å²) in [4.78, 5) is 12.7. The third-order valence-electron chi connectivity index (χ3n) is 4.75. The molecule has 3 fully saturated rings. The van der Waals surface area contributed by atoms with E-state index in [1.165, 1.54) is 0 Å². The van der Waals surface area contributed by atoms with Gasteiger partial charge in [0, 0.05) is 26.2 Å². The van der Waals surface area contributed by atoms with Crippen LogP contribution in [0.2, 0.25) is 0 Å². The molecule has 6 atom stereocenters. The van der Waals surface area contributed by atoms with E-state index in [0.29, 0.717) is 13.2 Å². The topological polar surface area (TPSA) is 104 Å². The molecule has 3 heterocycles. The van der Waals surface area contributed by atoms with Crippen molar-refractivity contribution in [2.45, 2.75) is 44.0 Å². The minimum absolute atomic E-state index is 0.0152. The summed E-state index contributed by atoms with van der Waals surface area (Å²) < 4.78 is 19.2. The Bertz CT molecular complexity index is 426. The van der Waals surface area contributed by atoms with Gasteiger partial charge in [-0.2, -0.15) is 0 Å². The van der Waals surface area contributed by atoms with Crippen LogP contribution in [0.1, 0.15) is 13.3 Å². The van der Waals surface area contributed by atoms with Gasteiger partial charge < -0.3 is 21.1 Å². The highest BCUT2D eigenvalue weighted by molar-refractivity contribution is 5.80. The summed E-state index contributed by atoms with van der Waals surface area (Å²) in [6.07, 6.45) is -0.886. The Kier molecular flexibility index (Phi) is 5.45. The van der Waals surface area contributed by atoms with Crippen molar-refractivity contribution in [3.8, 4) is 0 Å². The SMILES string of the molecule is CCOC1CCNCC1NC(=O)C1C(N)NN2CC(F)CNC12. The molecule has 0 aromatic heterocycles. The Morgan fingerprint density at radius 2 is 2.30 bits per heavy atom. The molecular weight excluding hydrogens is 303 g/mol. The van der Waals surface area contributed by atoms with Crippen molar-refractivity contribution in [1.82, 2.24) is 26.4 Å². The molecule has 0 saturated carbocycles. The Labute approximate surface area is 135 Å². The predicted molar refractivity (Wildman–Crippen MR) is 82.8 cm³/mol. The van der Waals surface area contributed by atoms with Crippen molar-refractivity contribution in [2.75, 3.05) is 32.8 Å². The lowest BCUT2D eigenvalue weighted by Gasteiger charge is -2.36. The second kappa shape index (κ2) is 7.37. The fourth-order valence-electron chi connectivity index (χ4n) is 3.65. The highest BCUT2D eigenvalue weighted by Gasteiger charge is 2.47. The van der Waals surface area contributed by atoms with Gasteiger partial charge in [0.15, 0.2) is 0 Å². The molecule has 8 nitrogen and oxygen atoms in total. The number of nitrogens with zero attached hydrogens (tertiary/aromatic N) is 1. The van der Waals surface area contributed by atoms with Crippen molar-refractivity contribution in [3.63, 3.8) is 0 Å². The molecule has 0 spiro atoms. The molecule has 6 N–H and O–H groups in total. The average Bonchev–Trinajstić information content (AvgIpc) is 2.84. The van der Waals surface area contributed by atoms with E-state index in [1.807, 2.05) is 6.92 Å². The maximum absolute atomic E-state index is 13.5. The second-order valence-corrected chi connectivity index (χ2v) is 6.39. The Morgan fingerprint density at radius 3 is 3.09 bits per heavy atom. The molecule has 23 heavy (non-hydrogen) atoms. The number of ether oxygens (including phenoxy) is 1. The minimum Gasteiger partial charge on any atom is -0.376 e. The molecule has 3 saturated heterocycles. The number of fused-ring (bicyclic) bond motifs is 1. The molecule has 0 radical (unpaired) electrons. The Balaban J connectivity index is 1.62. The quantitative estimate of drug-likeness (QED) is 0.401. The lowest BCUT2D eigenvalue weighted by molar-refractivity contribution is -0.129. The van der Waals surface area contributed by atoms with Gasteiger partial charge in [-0.3, -0.25) is 10.1 Å². The summed E-state index contributed by atoms with van der Waals surface area (Å²) in [5.41, 5.74) is 9.05. The maximum Gasteiger partial charge on any atom is 0.229 e. The van der Waals surface area contributed by atoms with Gasteiger partial charge in [0.2, 0.25) is 5.91 Å². The van der Waals surface area contributed by atoms with Gasteiger partial charge in [0.25, 0.3) is 0 Å². The van der Waals surface area contributed by atoms with Crippen molar-refractivity contribution in [1.29, 1.82) is 0 Å². The number of amides is 1. The molecule has 1 amide bonds. The number of rotatable bonds is 4. The summed E-state index contributed by atoms with van der Waals surface area (Å²) >= 11 is 0. The van der Waals surface area contributed by atoms with Crippen LogP contribution in [0.5, 0.6) is 0 Å². The van der Waals surface area contributed by atoms with E-state index in [4.69, 9.17) is 10.5 Å². The van der Waals surface area contributed by atoms with Gasteiger partial charge in [-0.05, 0) is 19.9 Å². The number of nitrogens with one attached hydrogen (secondary N) is 4. The molecule has 132 valence electrons. The van der Waals surface area contributed by atoms with Crippen molar-refractivity contribution in [2.24, 2.45) is 11.7 Å². The largest absolute Gasteiger partial charge is 0.376 e. The molecule has 0 bridgehead atoms. The first-order valence-corrected chi connectivity index (χ1v) is 8.38. The first kappa shape index (κ1) is 17.0. The first-order valence-electron chi connectivity index (χ1n) is 8.38. The lowest BCUT2D eigenvalue weighted by atomic mass is 9.98. The summed E-state index contributed by atoms with van der Waals surface area (Å²) in [5.74, 6) is -0.590. The van der Waals surface area contributed by atoms with Crippen LogP contribution < -0.4 is 27.1 Å². The van der Waals surface area contributed by atoms with E-state index in [9.17, 15) is 9.18 Å². The highest BCUT2D eigenvalue weighted by atomic mass is 19.1. The van der Waals surface area contributed by atoms with Crippen LogP contribution in [0, 0.1) is 5.92 Å². The molecule has 0 aromatic rings. The molecule has 3 rings (SSSR count). The highest BCUT2D eigenvalue weighted by Crippen LogP contribution is 2.22. The number of nitrogens with two attached hydrogens (primary N) is 1. The summed E-state index contributed by atoms with van der Waals surface area (Å²) in [6, 6.07) is -0.0741. The van der Waals surface area contributed by atoms with Crippen LogP contribution in [-0.2, 0) is 9.53 Å². The molecule has 0 aromatic carbocycles. The number of hydrogen-bond donors (Lipinski definition) is 5. The van der Waals surface area contributed by atoms with Gasteiger partial charge in [-0.1, -0.05) is 0 Å². The van der Waals surface area contributed by atoms with E-state index in [2.05, 4.69) is 21.4 Å². The van der Waals surface area contributed by atoms with Crippen LogP contribution in [0.4, 0.5) is 4.39 Å². The number of halogens is 1. The monoisotopic (exact) mass is 330 g/mol. The van der Waals surface area contributed by atoms with E-state index < -0.39 is 18.3 Å². The molecule has 3 aliphatic rings. The van der Waals surface area contributed by atoms with Crippen molar-refractivity contribution >= 4 is 5.91 Å². The zero-order valence-electron chi connectivity index (χ0n) is 13.4. The van der Waals surface area contributed by atoms with E-state index >= 15 is 0 Å². The van der Waals surface area contributed by atoms with Gasteiger partial charge in [-0.15, -0.1) is 0 Å². The number of carbonyl (C=O) groups is 1. The number of piperidine rings is 1. The van der Waals surface area contributed by atoms with E-state index in [1.54, 1.807) is 5.01 Å². The lowest BCUT2D eigenvalue weighted by Crippen LogP contribution is -2.61. The van der Waals surface area contributed by atoms with Gasteiger partial charge in [-0.25, -0.2) is 14.8 Å². The van der Waals surface area contributed by atoms with Gasteiger partial charge in [0.05, 0.1) is 30.4 Å². The summed E-state index contributed by atoms with van der Waals surface area (Å²) in [6.45, 7) is 4.62. The standard InChI is InChI=1S/C14H27FN6O2/c1-2-23-10-3-4-17-6-9(10)19-14(22)11-12(16)20-21-7-8(15)5-18-13(11)21/h8-13,17-18,20H,2-7,16H2,1H3,(H,19,22). The second-order valence-electron chi connectivity index (χ2n) is 6.39. The summed E-state index contributed by atoms with van der Waals surface area (Å²) in [5, 5.41) is 11.1. The zero-order valence-corrected chi connectivity index (χ0v) is 13.4. The number of carbonyl (C=O) groups excluding carboxylic acids is 1. The zero-order chi connectivity index (χ0) is 16.4. The van der Waals surface area contributed by atoms with Gasteiger partial charge in [0.1, 0.15) is 6.17 Å². The number of hydrazine groups is 1. The van der Waals surface area contributed by atoms with Crippen LogP contribution >= 0.6 is 0 Å². The predicted octanol–water partition coefficient (Wildman–Crippen LogP) is -2.14. The average molecular weight is 330 g/mol. The third-order valence-corrected chi connectivity index (χ3v) is 4.75. The third kappa shape index (κ3) is 3.65. The van der Waals surface area contributed by atoms with Crippen LogP contribution in [0.25, 0.3) is 0 Å². The summed E-state index contributed by atoms with van der Waals surface area (Å²) in [7, 11) is 0. The number of hydrogen-bond acceptors (Lipinski definition) is 7. The molecule has 9 heteroatoms. The Morgan fingerprint density at radius 1 is 1.48 bits per heavy atom. The van der Waals surface area contributed by atoms with Crippen LogP contribution in [0.15, 0.2) is 0 Å². The molecule has 0 aliphatic carbocycles.